The number of likely N-dealkylation sites (N-methyl/N-ethyl adjacent to an activating group) is 1. The fourth-order valence-corrected chi connectivity index (χ4v) is 1.53. The van der Waals surface area contributed by atoms with Gasteiger partial charge < -0.3 is 10.2 Å². The Balaban J connectivity index is 2.49. The number of nitrogens with one attached hydrogen (secondary N) is 1. The van der Waals surface area contributed by atoms with Crippen LogP contribution in [0, 0.1) is 0 Å². The molecule has 1 unspecified atom stereocenters. The fourth-order valence-electron chi connectivity index (χ4n) is 1.17. The molecule has 13 heavy (non-hydrogen) atoms. The van der Waals surface area contributed by atoms with Gasteiger partial charge in [0, 0.05) is 13.1 Å². The van der Waals surface area contributed by atoms with Crippen LogP contribution in [0.5, 0.6) is 0 Å². The molecule has 0 bridgehead atoms. The smallest absolute Gasteiger partial charge is 0.251 e. The summed E-state index contributed by atoms with van der Waals surface area (Å²) in [5.41, 5.74) is 0. The van der Waals surface area contributed by atoms with Gasteiger partial charge in [0.2, 0.25) is 0 Å². The Morgan fingerprint density at radius 3 is 2.62 bits per heavy atom. The minimum Gasteiger partial charge on any atom is -0.351 e. The van der Waals surface area contributed by atoms with E-state index in [4.69, 9.17) is 12.2 Å². The zero-order valence-corrected chi connectivity index (χ0v) is 9.02. The standard InChI is InChI=1S/C8H15N3OS/c1-6-7(12)11(8(13)9-6)5-4-10(2)3/h6H,4-5H2,1-3H3,(H,9,13). The molecule has 1 aliphatic heterocycles. The summed E-state index contributed by atoms with van der Waals surface area (Å²) in [7, 11) is 3.95. The molecule has 5 heteroatoms. The number of hydrogen-bond donors (Lipinski definition) is 1. The zero-order valence-electron chi connectivity index (χ0n) is 8.20. The highest BCUT2D eigenvalue weighted by atomic mass is 32.1. The molecule has 74 valence electrons. The third-order valence-electron chi connectivity index (χ3n) is 1.99. The van der Waals surface area contributed by atoms with Gasteiger partial charge in [0.15, 0.2) is 5.11 Å². The second kappa shape index (κ2) is 4.02. The number of carbonyl (C=O) groups is 1. The molecule has 4 nitrogen and oxygen atoms in total. The lowest BCUT2D eigenvalue weighted by molar-refractivity contribution is -0.126. The molecule has 0 aromatic rings. The van der Waals surface area contributed by atoms with Crippen LogP contribution in [0.15, 0.2) is 0 Å². The normalized spacial score (nSPS) is 22.8. The first-order chi connectivity index (χ1) is 6.02. The maximum Gasteiger partial charge on any atom is 0.251 e. The molecule has 0 radical (unpaired) electrons. The molecule has 1 rings (SSSR count). The SMILES string of the molecule is CC1NC(=S)N(CCN(C)C)C1=O. The molecular formula is C8H15N3OS. The van der Waals surface area contributed by atoms with Crippen molar-refractivity contribution < 1.29 is 4.79 Å². The van der Waals surface area contributed by atoms with Crippen LogP contribution in [0.3, 0.4) is 0 Å². The molecule has 1 atom stereocenters. The topological polar surface area (TPSA) is 35.6 Å². The first-order valence-corrected chi connectivity index (χ1v) is 4.70. The fraction of sp³-hybridized carbons (Fsp3) is 0.750. The van der Waals surface area contributed by atoms with Crippen molar-refractivity contribution in [3.8, 4) is 0 Å². The number of amides is 1. The Morgan fingerprint density at radius 2 is 2.23 bits per heavy atom. The predicted molar refractivity (Wildman–Crippen MR) is 55.5 cm³/mol. The Morgan fingerprint density at radius 1 is 1.62 bits per heavy atom. The van der Waals surface area contributed by atoms with E-state index in [2.05, 4.69) is 5.32 Å². The van der Waals surface area contributed by atoms with Crippen molar-refractivity contribution >= 4 is 23.2 Å². The van der Waals surface area contributed by atoms with E-state index in [0.29, 0.717) is 11.7 Å². The second-order valence-electron chi connectivity index (χ2n) is 3.46. The van der Waals surface area contributed by atoms with Gasteiger partial charge in [0.05, 0.1) is 0 Å². The van der Waals surface area contributed by atoms with E-state index in [1.807, 2.05) is 25.9 Å². The summed E-state index contributed by atoms with van der Waals surface area (Å²) >= 11 is 5.02. The highest BCUT2D eigenvalue weighted by Gasteiger charge is 2.31. The summed E-state index contributed by atoms with van der Waals surface area (Å²) in [6, 6.07) is -0.158. The van der Waals surface area contributed by atoms with Crippen molar-refractivity contribution in [1.29, 1.82) is 0 Å². The van der Waals surface area contributed by atoms with E-state index < -0.39 is 0 Å². The van der Waals surface area contributed by atoms with Crippen molar-refractivity contribution in [1.82, 2.24) is 15.1 Å². The van der Waals surface area contributed by atoms with E-state index in [1.54, 1.807) is 4.90 Å². The van der Waals surface area contributed by atoms with Gasteiger partial charge >= 0.3 is 0 Å². The quantitative estimate of drug-likeness (QED) is 0.633. The summed E-state index contributed by atoms with van der Waals surface area (Å²) in [6.45, 7) is 3.33. The second-order valence-corrected chi connectivity index (χ2v) is 3.85. The number of thiocarbonyl (C=S) groups is 1. The van der Waals surface area contributed by atoms with Crippen LogP contribution >= 0.6 is 12.2 Å². The highest BCUT2D eigenvalue weighted by Crippen LogP contribution is 2.05. The first kappa shape index (κ1) is 10.4. The molecule has 0 aromatic heterocycles. The lowest BCUT2D eigenvalue weighted by Crippen LogP contribution is -2.36. The van der Waals surface area contributed by atoms with Crippen LogP contribution in [0.4, 0.5) is 0 Å². The molecule has 1 N–H and O–H groups in total. The van der Waals surface area contributed by atoms with Crippen molar-refractivity contribution in [2.24, 2.45) is 0 Å². The molecule has 0 saturated carbocycles. The Labute approximate surface area is 83.9 Å². The van der Waals surface area contributed by atoms with Crippen molar-refractivity contribution in [3.05, 3.63) is 0 Å². The van der Waals surface area contributed by atoms with Gasteiger partial charge in [-0.3, -0.25) is 9.69 Å². The number of hydrogen-bond acceptors (Lipinski definition) is 3. The van der Waals surface area contributed by atoms with E-state index in [1.165, 1.54) is 0 Å². The van der Waals surface area contributed by atoms with Crippen LogP contribution in [-0.2, 0) is 4.79 Å². The number of nitrogens with zero attached hydrogens (tertiary/aromatic N) is 2. The van der Waals surface area contributed by atoms with Crippen molar-refractivity contribution in [2.45, 2.75) is 13.0 Å². The van der Waals surface area contributed by atoms with Crippen LogP contribution in [0.25, 0.3) is 0 Å². The summed E-state index contributed by atoms with van der Waals surface area (Å²) in [5, 5.41) is 3.48. The largest absolute Gasteiger partial charge is 0.351 e. The molecule has 0 aliphatic carbocycles. The minimum atomic E-state index is -0.158. The molecule has 1 heterocycles. The van der Waals surface area contributed by atoms with Gasteiger partial charge in [-0.1, -0.05) is 0 Å². The van der Waals surface area contributed by atoms with Crippen LogP contribution in [-0.4, -0.2) is 54.0 Å². The minimum absolute atomic E-state index is 0.0758. The van der Waals surface area contributed by atoms with Gasteiger partial charge in [-0.15, -0.1) is 0 Å². The first-order valence-electron chi connectivity index (χ1n) is 4.29. The highest BCUT2D eigenvalue weighted by molar-refractivity contribution is 7.80. The van der Waals surface area contributed by atoms with E-state index in [9.17, 15) is 4.79 Å². The maximum atomic E-state index is 11.5. The van der Waals surface area contributed by atoms with Crippen LogP contribution in [0.2, 0.25) is 0 Å². The average Bonchev–Trinajstić information content (AvgIpc) is 2.24. The molecule has 0 aromatic carbocycles. The summed E-state index contributed by atoms with van der Waals surface area (Å²) in [5.74, 6) is 0.0758. The summed E-state index contributed by atoms with van der Waals surface area (Å²) in [4.78, 5) is 15.1. The van der Waals surface area contributed by atoms with Gasteiger partial charge in [0.25, 0.3) is 5.91 Å². The Hall–Kier alpha value is -0.680. The van der Waals surface area contributed by atoms with Gasteiger partial charge in [-0.25, -0.2) is 0 Å². The lowest BCUT2D eigenvalue weighted by Gasteiger charge is -2.17. The van der Waals surface area contributed by atoms with Crippen molar-refractivity contribution in [3.63, 3.8) is 0 Å². The number of rotatable bonds is 3. The van der Waals surface area contributed by atoms with Gasteiger partial charge in [-0.05, 0) is 33.2 Å². The van der Waals surface area contributed by atoms with E-state index in [0.717, 1.165) is 6.54 Å². The lowest BCUT2D eigenvalue weighted by atomic mass is 10.3. The van der Waals surface area contributed by atoms with Crippen molar-refractivity contribution in [2.75, 3.05) is 27.2 Å². The number of carbonyl (C=O) groups excluding carboxylic acids is 1. The molecule has 1 saturated heterocycles. The predicted octanol–water partition coefficient (Wildman–Crippen LogP) is -0.347. The monoisotopic (exact) mass is 201 g/mol. The van der Waals surface area contributed by atoms with E-state index >= 15 is 0 Å². The zero-order chi connectivity index (χ0) is 10.0. The molecule has 1 fully saturated rings. The molecule has 0 spiro atoms. The Bertz CT molecular complexity index is 229. The van der Waals surface area contributed by atoms with Gasteiger partial charge in [0.1, 0.15) is 6.04 Å². The molecular weight excluding hydrogens is 186 g/mol. The van der Waals surface area contributed by atoms with Crippen LogP contribution < -0.4 is 5.32 Å². The molecule has 1 amide bonds. The third-order valence-corrected chi connectivity index (χ3v) is 2.33. The van der Waals surface area contributed by atoms with Gasteiger partial charge in [-0.2, -0.15) is 0 Å². The average molecular weight is 201 g/mol. The summed E-state index contributed by atoms with van der Waals surface area (Å²) < 4.78 is 0. The summed E-state index contributed by atoms with van der Waals surface area (Å²) in [6.07, 6.45) is 0. The van der Waals surface area contributed by atoms with E-state index in [-0.39, 0.29) is 11.9 Å². The van der Waals surface area contributed by atoms with Crippen LogP contribution in [0.1, 0.15) is 6.92 Å². The third kappa shape index (κ3) is 2.38. The maximum absolute atomic E-state index is 11.5. The Kier molecular flexibility index (Phi) is 3.22. The molecule has 1 aliphatic rings.